The Labute approximate surface area is 111 Å². The van der Waals surface area contributed by atoms with Crippen molar-refractivity contribution in [3.05, 3.63) is 66.7 Å². The third kappa shape index (κ3) is 2.47. The lowest BCUT2D eigenvalue weighted by molar-refractivity contribution is 0.807. The van der Waals surface area contributed by atoms with E-state index in [2.05, 4.69) is 20.6 Å². The lowest BCUT2D eigenvalue weighted by Crippen LogP contribution is -2.01. The van der Waals surface area contributed by atoms with Gasteiger partial charge in [-0.2, -0.15) is 0 Å². The summed E-state index contributed by atoms with van der Waals surface area (Å²) in [4.78, 5) is 8.44. The van der Waals surface area contributed by atoms with Crippen LogP contribution in [0.2, 0.25) is 0 Å². The number of anilines is 1. The zero-order valence-corrected chi connectivity index (χ0v) is 10.4. The zero-order chi connectivity index (χ0) is 13.1. The van der Waals surface area contributed by atoms with Gasteiger partial charge in [0.2, 0.25) is 0 Å². The predicted octanol–water partition coefficient (Wildman–Crippen LogP) is 2.58. The first-order chi connectivity index (χ1) is 9.33. The predicted molar refractivity (Wildman–Crippen MR) is 75.4 cm³/mol. The van der Waals surface area contributed by atoms with Crippen molar-refractivity contribution < 1.29 is 0 Å². The molecule has 3 rings (SSSR count). The minimum absolute atomic E-state index is 0.753. The van der Waals surface area contributed by atoms with Crippen molar-refractivity contribution in [3.8, 4) is 11.4 Å². The Balaban J connectivity index is 1.93. The van der Waals surface area contributed by atoms with Gasteiger partial charge < -0.3 is 10.3 Å². The van der Waals surface area contributed by atoms with Gasteiger partial charge in [0, 0.05) is 42.6 Å². The van der Waals surface area contributed by atoms with Crippen molar-refractivity contribution in [1.82, 2.24) is 14.5 Å². The summed E-state index contributed by atoms with van der Waals surface area (Å²) in [5.41, 5.74) is 8.80. The van der Waals surface area contributed by atoms with Gasteiger partial charge in [-0.05, 0) is 29.8 Å². The fraction of sp³-hybridized carbons (Fsp3) is 0.0667. The van der Waals surface area contributed by atoms with Crippen molar-refractivity contribution in [1.29, 1.82) is 0 Å². The summed E-state index contributed by atoms with van der Waals surface area (Å²) in [5, 5.41) is 0. The minimum atomic E-state index is 0.753. The quantitative estimate of drug-likeness (QED) is 0.727. The maximum atomic E-state index is 5.80. The first-order valence-corrected chi connectivity index (χ1v) is 6.09. The van der Waals surface area contributed by atoms with E-state index in [-0.39, 0.29) is 0 Å². The number of nitrogen functional groups attached to an aromatic ring is 1. The number of aromatic nitrogens is 3. The maximum Gasteiger partial charge on any atom is 0.140 e. The van der Waals surface area contributed by atoms with Crippen LogP contribution >= 0.6 is 0 Å². The molecule has 2 aromatic heterocycles. The average Bonchev–Trinajstić information content (AvgIpc) is 2.88. The summed E-state index contributed by atoms with van der Waals surface area (Å²) in [7, 11) is 0. The van der Waals surface area contributed by atoms with Crippen LogP contribution in [0.25, 0.3) is 11.4 Å². The molecule has 0 atom stereocenters. The van der Waals surface area contributed by atoms with Crippen LogP contribution in [0, 0.1) is 0 Å². The molecule has 4 nitrogen and oxygen atoms in total. The first kappa shape index (κ1) is 11.5. The number of benzene rings is 1. The molecule has 0 radical (unpaired) electrons. The highest BCUT2D eigenvalue weighted by Gasteiger charge is 2.06. The van der Waals surface area contributed by atoms with E-state index in [0.29, 0.717) is 0 Å². The van der Waals surface area contributed by atoms with Gasteiger partial charge >= 0.3 is 0 Å². The van der Waals surface area contributed by atoms with Crippen LogP contribution in [0.5, 0.6) is 0 Å². The summed E-state index contributed by atoms with van der Waals surface area (Å²) in [6, 6.07) is 11.8. The summed E-state index contributed by atoms with van der Waals surface area (Å²) >= 11 is 0. The van der Waals surface area contributed by atoms with Crippen LogP contribution < -0.4 is 5.73 Å². The molecule has 2 heterocycles. The van der Waals surface area contributed by atoms with Gasteiger partial charge in [0.15, 0.2) is 0 Å². The number of nitrogens with two attached hydrogens (primary N) is 1. The molecule has 19 heavy (non-hydrogen) atoms. The average molecular weight is 250 g/mol. The molecule has 4 heteroatoms. The van der Waals surface area contributed by atoms with Crippen molar-refractivity contribution >= 4 is 5.69 Å². The summed E-state index contributed by atoms with van der Waals surface area (Å²) in [6.45, 7) is 0.753. The Morgan fingerprint density at radius 1 is 1.05 bits per heavy atom. The van der Waals surface area contributed by atoms with Gasteiger partial charge in [-0.25, -0.2) is 4.98 Å². The molecule has 0 aliphatic heterocycles. The smallest absolute Gasteiger partial charge is 0.140 e. The highest BCUT2D eigenvalue weighted by molar-refractivity contribution is 5.54. The Hall–Kier alpha value is -2.62. The fourth-order valence-electron chi connectivity index (χ4n) is 2.09. The highest BCUT2D eigenvalue weighted by atomic mass is 15.1. The molecule has 94 valence electrons. The van der Waals surface area contributed by atoms with E-state index < -0.39 is 0 Å². The molecule has 3 aromatic rings. The van der Waals surface area contributed by atoms with Crippen LogP contribution in [0.1, 0.15) is 5.56 Å². The SMILES string of the molecule is Nc1cccc(Cn2ccnc2-c2ccncc2)c1. The number of pyridine rings is 1. The third-order valence-electron chi connectivity index (χ3n) is 2.96. The monoisotopic (exact) mass is 250 g/mol. The summed E-state index contributed by atoms with van der Waals surface area (Å²) in [5.74, 6) is 0.935. The normalized spacial score (nSPS) is 10.5. The molecule has 0 unspecified atom stereocenters. The van der Waals surface area contributed by atoms with E-state index in [1.807, 2.05) is 42.7 Å². The standard InChI is InChI=1S/C15H14N4/c16-14-3-1-2-12(10-14)11-19-9-8-18-15(19)13-4-6-17-7-5-13/h1-10H,11,16H2. The molecule has 0 spiro atoms. The Morgan fingerprint density at radius 2 is 1.89 bits per heavy atom. The molecule has 0 saturated carbocycles. The summed E-state index contributed by atoms with van der Waals surface area (Å²) in [6.07, 6.45) is 7.32. The van der Waals surface area contributed by atoms with Gasteiger partial charge in [0.25, 0.3) is 0 Å². The Morgan fingerprint density at radius 3 is 2.68 bits per heavy atom. The number of nitrogens with zero attached hydrogens (tertiary/aromatic N) is 3. The van der Waals surface area contributed by atoms with E-state index in [4.69, 9.17) is 5.73 Å². The topological polar surface area (TPSA) is 56.7 Å². The Kier molecular flexibility index (Phi) is 2.98. The molecule has 0 saturated heterocycles. The molecular formula is C15H14N4. The lowest BCUT2D eigenvalue weighted by Gasteiger charge is -2.08. The second-order valence-corrected chi connectivity index (χ2v) is 4.36. The molecule has 0 fully saturated rings. The van der Waals surface area contributed by atoms with Gasteiger partial charge in [0.1, 0.15) is 5.82 Å². The minimum Gasteiger partial charge on any atom is -0.399 e. The highest BCUT2D eigenvalue weighted by Crippen LogP contribution is 2.18. The van der Waals surface area contributed by atoms with Crippen molar-refractivity contribution in [2.75, 3.05) is 5.73 Å². The Bertz CT molecular complexity index is 673. The van der Waals surface area contributed by atoms with Crippen LogP contribution in [0.15, 0.2) is 61.2 Å². The van der Waals surface area contributed by atoms with Crippen molar-refractivity contribution in [3.63, 3.8) is 0 Å². The maximum absolute atomic E-state index is 5.80. The largest absolute Gasteiger partial charge is 0.399 e. The molecule has 1 aromatic carbocycles. The number of hydrogen-bond acceptors (Lipinski definition) is 3. The van der Waals surface area contributed by atoms with Gasteiger partial charge in [0.05, 0.1) is 0 Å². The van der Waals surface area contributed by atoms with Crippen LogP contribution in [0.4, 0.5) is 5.69 Å². The van der Waals surface area contributed by atoms with Gasteiger partial charge in [-0.3, -0.25) is 4.98 Å². The lowest BCUT2D eigenvalue weighted by atomic mass is 10.2. The first-order valence-electron chi connectivity index (χ1n) is 6.09. The number of imidazole rings is 1. The van der Waals surface area contributed by atoms with E-state index in [9.17, 15) is 0 Å². The molecular weight excluding hydrogens is 236 g/mol. The van der Waals surface area contributed by atoms with E-state index in [1.165, 1.54) is 0 Å². The van der Waals surface area contributed by atoms with Crippen molar-refractivity contribution in [2.24, 2.45) is 0 Å². The van der Waals surface area contributed by atoms with E-state index in [0.717, 1.165) is 29.2 Å². The van der Waals surface area contributed by atoms with Crippen LogP contribution in [-0.4, -0.2) is 14.5 Å². The molecule has 0 amide bonds. The van der Waals surface area contributed by atoms with E-state index >= 15 is 0 Å². The van der Waals surface area contributed by atoms with Gasteiger partial charge in [-0.1, -0.05) is 12.1 Å². The molecule has 0 aliphatic rings. The number of hydrogen-bond donors (Lipinski definition) is 1. The fourth-order valence-corrected chi connectivity index (χ4v) is 2.09. The van der Waals surface area contributed by atoms with Crippen LogP contribution in [-0.2, 0) is 6.54 Å². The van der Waals surface area contributed by atoms with E-state index in [1.54, 1.807) is 12.4 Å². The van der Waals surface area contributed by atoms with Crippen LogP contribution in [0.3, 0.4) is 0 Å². The molecule has 0 bridgehead atoms. The second-order valence-electron chi connectivity index (χ2n) is 4.36. The molecule has 0 aliphatic carbocycles. The zero-order valence-electron chi connectivity index (χ0n) is 10.4. The number of rotatable bonds is 3. The second kappa shape index (κ2) is 4.94. The van der Waals surface area contributed by atoms with Gasteiger partial charge in [-0.15, -0.1) is 0 Å². The summed E-state index contributed by atoms with van der Waals surface area (Å²) < 4.78 is 2.10. The third-order valence-corrected chi connectivity index (χ3v) is 2.96. The molecule has 2 N–H and O–H groups in total. The van der Waals surface area contributed by atoms with Crippen molar-refractivity contribution in [2.45, 2.75) is 6.54 Å².